The number of amides is 2. The standard InChI is InChI=1S/C23H21ClN2O4/c1-15-2-4-17(5-3-15)22(28)26-20(23(29)25-12-13-27)14-19-10-11-21(30-19)16-6-8-18(24)9-7-16/h2-11,14,27H,12-13H2,1H3,(H,25,29)(H,26,28). The molecular weight excluding hydrogens is 404 g/mol. The maximum Gasteiger partial charge on any atom is 0.268 e. The minimum absolute atomic E-state index is 0.00558. The average molecular weight is 425 g/mol. The van der Waals surface area contributed by atoms with Crippen molar-refractivity contribution in [2.45, 2.75) is 6.92 Å². The number of aliphatic hydroxyl groups is 1. The van der Waals surface area contributed by atoms with Gasteiger partial charge in [-0.2, -0.15) is 0 Å². The van der Waals surface area contributed by atoms with Crippen LogP contribution in [0, 0.1) is 6.92 Å². The molecule has 0 atom stereocenters. The van der Waals surface area contributed by atoms with Gasteiger partial charge in [0.1, 0.15) is 17.2 Å². The van der Waals surface area contributed by atoms with E-state index in [0.717, 1.165) is 11.1 Å². The molecule has 6 nitrogen and oxygen atoms in total. The van der Waals surface area contributed by atoms with Gasteiger partial charge in [-0.05, 0) is 55.5 Å². The van der Waals surface area contributed by atoms with Crippen LogP contribution in [0.25, 0.3) is 17.4 Å². The Bertz CT molecular complexity index is 1050. The first-order valence-electron chi connectivity index (χ1n) is 9.31. The molecule has 154 valence electrons. The highest BCUT2D eigenvalue weighted by Gasteiger charge is 2.15. The molecule has 0 saturated carbocycles. The van der Waals surface area contributed by atoms with Gasteiger partial charge in [0, 0.05) is 28.8 Å². The van der Waals surface area contributed by atoms with Gasteiger partial charge in [-0.1, -0.05) is 29.3 Å². The van der Waals surface area contributed by atoms with Crippen LogP contribution in [0.15, 0.2) is 70.8 Å². The number of carbonyl (C=O) groups excluding carboxylic acids is 2. The van der Waals surface area contributed by atoms with Gasteiger partial charge in [0.25, 0.3) is 11.8 Å². The highest BCUT2D eigenvalue weighted by atomic mass is 35.5. The predicted octanol–water partition coefficient (Wildman–Crippen LogP) is 3.79. The summed E-state index contributed by atoms with van der Waals surface area (Å²) in [6.07, 6.45) is 1.44. The molecule has 0 radical (unpaired) electrons. The van der Waals surface area contributed by atoms with E-state index in [1.807, 2.05) is 31.2 Å². The highest BCUT2D eigenvalue weighted by molar-refractivity contribution is 6.30. The average Bonchev–Trinajstić information content (AvgIpc) is 3.21. The van der Waals surface area contributed by atoms with Gasteiger partial charge >= 0.3 is 0 Å². The van der Waals surface area contributed by atoms with E-state index in [1.165, 1.54) is 6.08 Å². The summed E-state index contributed by atoms with van der Waals surface area (Å²) in [7, 11) is 0. The van der Waals surface area contributed by atoms with E-state index < -0.39 is 11.8 Å². The fourth-order valence-electron chi connectivity index (χ4n) is 2.66. The molecule has 7 heteroatoms. The summed E-state index contributed by atoms with van der Waals surface area (Å²) in [6, 6.07) is 17.6. The Hall–Kier alpha value is -3.35. The maximum atomic E-state index is 12.6. The summed E-state index contributed by atoms with van der Waals surface area (Å²) >= 11 is 5.91. The van der Waals surface area contributed by atoms with Gasteiger partial charge < -0.3 is 20.2 Å². The molecule has 1 aromatic heterocycles. The number of benzene rings is 2. The zero-order valence-electron chi connectivity index (χ0n) is 16.3. The van der Waals surface area contributed by atoms with Crippen LogP contribution in [-0.4, -0.2) is 30.1 Å². The minimum Gasteiger partial charge on any atom is -0.457 e. The van der Waals surface area contributed by atoms with Gasteiger partial charge in [0.2, 0.25) is 0 Å². The molecule has 0 saturated heterocycles. The largest absolute Gasteiger partial charge is 0.457 e. The summed E-state index contributed by atoms with van der Waals surface area (Å²) in [5.74, 6) is 0.0232. The van der Waals surface area contributed by atoms with Gasteiger partial charge in [0.05, 0.1) is 6.61 Å². The van der Waals surface area contributed by atoms with E-state index in [2.05, 4.69) is 10.6 Å². The van der Waals surface area contributed by atoms with Crippen molar-refractivity contribution in [3.63, 3.8) is 0 Å². The highest BCUT2D eigenvalue weighted by Crippen LogP contribution is 2.24. The van der Waals surface area contributed by atoms with Crippen LogP contribution in [0.1, 0.15) is 21.7 Å². The third-order valence-electron chi connectivity index (χ3n) is 4.25. The minimum atomic E-state index is -0.533. The van der Waals surface area contributed by atoms with Gasteiger partial charge in [-0.25, -0.2) is 0 Å². The van der Waals surface area contributed by atoms with Crippen molar-refractivity contribution in [2.24, 2.45) is 0 Å². The third-order valence-corrected chi connectivity index (χ3v) is 4.50. The van der Waals surface area contributed by atoms with Crippen LogP contribution in [0.4, 0.5) is 0 Å². The number of nitrogens with one attached hydrogen (secondary N) is 2. The lowest BCUT2D eigenvalue weighted by Crippen LogP contribution is -2.36. The number of furan rings is 1. The molecule has 0 aliphatic heterocycles. The smallest absolute Gasteiger partial charge is 0.268 e. The lowest BCUT2D eigenvalue weighted by atomic mass is 10.1. The molecule has 3 aromatic rings. The Morgan fingerprint density at radius 2 is 1.73 bits per heavy atom. The first-order chi connectivity index (χ1) is 14.5. The second-order valence-electron chi connectivity index (χ2n) is 6.57. The molecule has 1 heterocycles. The van der Waals surface area contributed by atoms with Gasteiger partial charge in [-0.15, -0.1) is 0 Å². The second-order valence-corrected chi connectivity index (χ2v) is 7.00. The van der Waals surface area contributed by atoms with Crippen molar-refractivity contribution in [2.75, 3.05) is 13.2 Å². The fraction of sp³-hybridized carbons (Fsp3) is 0.130. The van der Waals surface area contributed by atoms with Crippen molar-refractivity contribution in [3.05, 3.63) is 88.3 Å². The zero-order chi connectivity index (χ0) is 21.5. The van der Waals surface area contributed by atoms with Crippen molar-refractivity contribution >= 4 is 29.5 Å². The Morgan fingerprint density at radius 3 is 2.40 bits per heavy atom. The number of carbonyl (C=O) groups is 2. The third kappa shape index (κ3) is 5.59. The Labute approximate surface area is 179 Å². The van der Waals surface area contributed by atoms with Crippen molar-refractivity contribution < 1.29 is 19.1 Å². The molecule has 3 rings (SSSR count). The number of aryl methyl sites for hydroxylation is 1. The molecule has 2 amide bonds. The summed E-state index contributed by atoms with van der Waals surface area (Å²) in [5.41, 5.74) is 2.27. The van der Waals surface area contributed by atoms with E-state index in [1.54, 1.807) is 36.4 Å². The van der Waals surface area contributed by atoms with Crippen molar-refractivity contribution in [1.29, 1.82) is 0 Å². The summed E-state index contributed by atoms with van der Waals surface area (Å²) in [6.45, 7) is 1.77. The number of hydrogen-bond donors (Lipinski definition) is 3. The molecule has 0 aliphatic rings. The molecule has 30 heavy (non-hydrogen) atoms. The molecule has 0 aliphatic carbocycles. The number of hydrogen-bond acceptors (Lipinski definition) is 4. The number of aliphatic hydroxyl groups excluding tert-OH is 1. The monoisotopic (exact) mass is 424 g/mol. The fourth-order valence-corrected chi connectivity index (χ4v) is 2.79. The summed E-state index contributed by atoms with van der Waals surface area (Å²) < 4.78 is 5.80. The van der Waals surface area contributed by atoms with E-state index in [0.29, 0.717) is 22.1 Å². The summed E-state index contributed by atoms with van der Waals surface area (Å²) in [5, 5.41) is 14.7. The molecule has 3 N–H and O–H groups in total. The lowest BCUT2D eigenvalue weighted by molar-refractivity contribution is -0.117. The van der Waals surface area contributed by atoms with Crippen LogP contribution >= 0.6 is 11.6 Å². The van der Waals surface area contributed by atoms with Crippen LogP contribution in [-0.2, 0) is 4.79 Å². The van der Waals surface area contributed by atoms with E-state index in [4.69, 9.17) is 21.1 Å². The lowest BCUT2D eigenvalue weighted by Gasteiger charge is -2.10. The van der Waals surface area contributed by atoms with Gasteiger partial charge in [-0.3, -0.25) is 9.59 Å². The molecule has 0 spiro atoms. The number of halogens is 1. The quantitative estimate of drug-likeness (QED) is 0.503. The van der Waals surface area contributed by atoms with Gasteiger partial charge in [0.15, 0.2) is 0 Å². The molecule has 0 unspecified atom stereocenters. The van der Waals surface area contributed by atoms with Crippen LogP contribution in [0.5, 0.6) is 0 Å². The summed E-state index contributed by atoms with van der Waals surface area (Å²) in [4.78, 5) is 25.0. The SMILES string of the molecule is Cc1ccc(C(=O)NC(=Cc2ccc(-c3ccc(Cl)cc3)o2)C(=O)NCCO)cc1. The zero-order valence-corrected chi connectivity index (χ0v) is 17.1. The first-order valence-corrected chi connectivity index (χ1v) is 9.68. The second kappa shape index (κ2) is 9.91. The van der Waals surface area contributed by atoms with E-state index in [9.17, 15) is 9.59 Å². The van der Waals surface area contributed by atoms with Crippen molar-refractivity contribution in [3.8, 4) is 11.3 Å². The van der Waals surface area contributed by atoms with Crippen LogP contribution in [0.3, 0.4) is 0 Å². The Kier molecular flexibility index (Phi) is 7.06. The topological polar surface area (TPSA) is 91.6 Å². The molecule has 0 fully saturated rings. The predicted molar refractivity (Wildman–Crippen MR) is 116 cm³/mol. The molecule has 0 bridgehead atoms. The van der Waals surface area contributed by atoms with Crippen LogP contribution < -0.4 is 10.6 Å². The van der Waals surface area contributed by atoms with Crippen LogP contribution in [0.2, 0.25) is 5.02 Å². The Balaban J connectivity index is 1.85. The van der Waals surface area contributed by atoms with E-state index in [-0.39, 0.29) is 18.8 Å². The van der Waals surface area contributed by atoms with Crippen molar-refractivity contribution in [1.82, 2.24) is 10.6 Å². The maximum absolute atomic E-state index is 12.6. The number of rotatable bonds is 7. The Morgan fingerprint density at radius 1 is 1.03 bits per heavy atom. The van der Waals surface area contributed by atoms with E-state index >= 15 is 0 Å². The normalized spacial score (nSPS) is 11.2. The first kappa shape index (κ1) is 21.4. The molecular formula is C23H21ClN2O4. The molecule has 2 aromatic carbocycles.